The van der Waals surface area contributed by atoms with Crippen LogP contribution < -0.4 is 0 Å². The van der Waals surface area contributed by atoms with E-state index in [1.54, 1.807) is 24.7 Å². The van der Waals surface area contributed by atoms with Crippen molar-refractivity contribution in [2.75, 3.05) is 0 Å². The second-order valence-corrected chi connectivity index (χ2v) is 6.05. The Morgan fingerprint density at radius 2 is 2.00 bits per heavy atom. The van der Waals surface area contributed by atoms with Crippen molar-refractivity contribution >= 4 is 21.9 Å². The van der Waals surface area contributed by atoms with Crippen LogP contribution in [0.15, 0.2) is 41.1 Å². The van der Waals surface area contributed by atoms with Gasteiger partial charge in [-0.2, -0.15) is 5.10 Å². The van der Waals surface area contributed by atoms with Gasteiger partial charge in [-0.15, -0.1) is 0 Å². The van der Waals surface area contributed by atoms with Gasteiger partial charge < -0.3 is 5.11 Å². The molecule has 0 aliphatic heterocycles. The van der Waals surface area contributed by atoms with Crippen LogP contribution in [0.25, 0.3) is 5.69 Å². The van der Waals surface area contributed by atoms with E-state index in [0.29, 0.717) is 6.42 Å². The number of hydrogen-bond acceptors (Lipinski definition) is 2. The Bertz CT molecular complexity index is 588. The molecule has 0 bridgehead atoms. The average Bonchev–Trinajstić information content (AvgIpc) is 2.76. The molecule has 0 unspecified atom stereocenters. The van der Waals surface area contributed by atoms with Gasteiger partial charge in [0.25, 0.3) is 0 Å². The lowest BCUT2D eigenvalue weighted by atomic mass is 9.86. The third-order valence-corrected chi connectivity index (χ3v) is 3.39. The summed E-state index contributed by atoms with van der Waals surface area (Å²) in [6.07, 6.45) is 4.10. The van der Waals surface area contributed by atoms with E-state index < -0.39 is 11.4 Å². The van der Waals surface area contributed by atoms with E-state index in [0.717, 1.165) is 15.7 Å². The summed E-state index contributed by atoms with van der Waals surface area (Å²) in [6.45, 7) is 3.46. The lowest BCUT2D eigenvalue weighted by Gasteiger charge is -2.19. The van der Waals surface area contributed by atoms with Crippen molar-refractivity contribution in [3.05, 3.63) is 46.7 Å². The predicted octanol–water partition coefficient (Wildman–Crippen LogP) is 3.29. The molecule has 0 saturated heterocycles. The summed E-state index contributed by atoms with van der Waals surface area (Å²) in [5, 5.41) is 13.3. The first-order valence-electron chi connectivity index (χ1n) is 5.91. The maximum atomic E-state index is 11.1. The zero-order valence-electron chi connectivity index (χ0n) is 10.8. The molecule has 2 rings (SSSR count). The molecule has 1 aromatic heterocycles. The zero-order chi connectivity index (χ0) is 14.0. The molecular formula is C14H15BrN2O2. The van der Waals surface area contributed by atoms with E-state index in [1.165, 1.54) is 0 Å². The van der Waals surface area contributed by atoms with E-state index in [1.807, 2.05) is 30.5 Å². The molecule has 4 nitrogen and oxygen atoms in total. The Labute approximate surface area is 120 Å². The fourth-order valence-electron chi connectivity index (χ4n) is 1.79. The van der Waals surface area contributed by atoms with Crippen LogP contribution in [0.4, 0.5) is 0 Å². The quantitative estimate of drug-likeness (QED) is 0.939. The summed E-state index contributed by atoms with van der Waals surface area (Å²) in [7, 11) is 0. The smallest absolute Gasteiger partial charge is 0.309 e. The van der Waals surface area contributed by atoms with Crippen molar-refractivity contribution in [3.8, 4) is 5.69 Å². The summed E-state index contributed by atoms with van der Waals surface area (Å²) in [5.41, 5.74) is 1.20. The van der Waals surface area contributed by atoms with Crippen molar-refractivity contribution < 1.29 is 9.90 Å². The highest BCUT2D eigenvalue weighted by atomic mass is 79.9. The number of carboxylic acid groups (broad SMARTS) is 1. The molecule has 0 aliphatic carbocycles. The van der Waals surface area contributed by atoms with Crippen molar-refractivity contribution in [3.63, 3.8) is 0 Å². The van der Waals surface area contributed by atoms with Gasteiger partial charge in [-0.05, 0) is 53.9 Å². The Morgan fingerprint density at radius 1 is 1.37 bits per heavy atom. The van der Waals surface area contributed by atoms with Gasteiger partial charge in [-0.3, -0.25) is 4.79 Å². The van der Waals surface area contributed by atoms with Crippen LogP contribution in [0.1, 0.15) is 19.4 Å². The topological polar surface area (TPSA) is 55.1 Å². The molecule has 0 amide bonds. The number of benzene rings is 1. The van der Waals surface area contributed by atoms with E-state index in [4.69, 9.17) is 5.11 Å². The Morgan fingerprint density at radius 3 is 2.47 bits per heavy atom. The van der Waals surface area contributed by atoms with Gasteiger partial charge in [0.15, 0.2) is 0 Å². The first-order chi connectivity index (χ1) is 8.88. The average molecular weight is 323 g/mol. The number of carbonyl (C=O) groups is 1. The van der Waals surface area contributed by atoms with Crippen LogP contribution >= 0.6 is 15.9 Å². The summed E-state index contributed by atoms with van der Waals surface area (Å²) < 4.78 is 2.68. The number of aromatic nitrogens is 2. The minimum absolute atomic E-state index is 0.505. The number of rotatable bonds is 4. The Kier molecular flexibility index (Phi) is 3.75. The van der Waals surface area contributed by atoms with E-state index in [9.17, 15) is 4.79 Å². The summed E-state index contributed by atoms with van der Waals surface area (Å²) >= 11 is 3.35. The standard InChI is InChI=1S/C14H15BrN2O2/c1-14(2,13(18)19)7-10-3-5-12(6-4-10)17-9-11(15)8-16-17/h3-6,8-9H,7H2,1-2H3,(H,18,19). The normalized spacial score (nSPS) is 11.5. The molecule has 0 spiro atoms. The number of halogens is 1. The van der Waals surface area contributed by atoms with Crippen LogP contribution in [-0.4, -0.2) is 20.9 Å². The predicted molar refractivity (Wildman–Crippen MR) is 76.4 cm³/mol. The molecular weight excluding hydrogens is 308 g/mol. The van der Waals surface area contributed by atoms with Gasteiger partial charge >= 0.3 is 5.97 Å². The van der Waals surface area contributed by atoms with Crippen molar-refractivity contribution in [2.24, 2.45) is 5.41 Å². The van der Waals surface area contributed by atoms with Crippen LogP contribution in [-0.2, 0) is 11.2 Å². The van der Waals surface area contributed by atoms with Gasteiger partial charge in [-0.1, -0.05) is 12.1 Å². The molecule has 1 aromatic carbocycles. The highest BCUT2D eigenvalue weighted by molar-refractivity contribution is 9.10. The van der Waals surface area contributed by atoms with Crippen LogP contribution in [0.3, 0.4) is 0 Å². The number of aliphatic carboxylic acids is 1. The molecule has 0 radical (unpaired) electrons. The SMILES string of the molecule is CC(C)(Cc1ccc(-n2cc(Br)cn2)cc1)C(=O)O. The molecule has 100 valence electrons. The maximum Gasteiger partial charge on any atom is 0.309 e. The van der Waals surface area contributed by atoms with Crippen molar-refractivity contribution in [1.82, 2.24) is 9.78 Å². The zero-order valence-corrected chi connectivity index (χ0v) is 12.4. The monoisotopic (exact) mass is 322 g/mol. The molecule has 0 fully saturated rings. The first kappa shape index (κ1) is 13.8. The molecule has 0 saturated carbocycles. The van der Waals surface area contributed by atoms with Gasteiger partial charge in [0.2, 0.25) is 0 Å². The molecule has 2 aromatic rings. The third kappa shape index (κ3) is 3.23. The number of nitrogens with zero attached hydrogens (tertiary/aromatic N) is 2. The third-order valence-electron chi connectivity index (χ3n) is 2.98. The molecule has 19 heavy (non-hydrogen) atoms. The second-order valence-electron chi connectivity index (χ2n) is 5.14. The van der Waals surface area contributed by atoms with Crippen molar-refractivity contribution in [1.29, 1.82) is 0 Å². The minimum Gasteiger partial charge on any atom is -0.481 e. The van der Waals surface area contributed by atoms with Gasteiger partial charge in [0.1, 0.15) is 0 Å². The highest BCUT2D eigenvalue weighted by Crippen LogP contribution is 2.23. The van der Waals surface area contributed by atoms with Gasteiger partial charge in [0.05, 0.1) is 21.8 Å². The van der Waals surface area contributed by atoms with Crippen LogP contribution in [0.2, 0.25) is 0 Å². The van der Waals surface area contributed by atoms with E-state index >= 15 is 0 Å². The molecule has 1 heterocycles. The first-order valence-corrected chi connectivity index (χ1v) is 6.71. The van der Waals surface area contributed by atoms with Crippen LogP contribution in [0, 0.1) is 5.41 Å². The summed E-state index contributed by atoms with van der Waals surface area (Å²) in [5.74, 6) is -0.785. The molecule has 0 aliphatic rings. The molecule has 0 atom stereocenters. The summed E-state index contributed by atoms with van der Waals surface area (Å²) in [4.78, 5) is 11.1. The van der Waals surface area contributed by atoms with Crippen molar-refractivity contribution in [2.45, 2.75) is 20.3 Å². The Hall–Kier alpha value is -1.62. The van der Waals surface area contributed by atoms with E-state index in [-0.39, 0.29) is 0 Å². The lowest BCUT2D eigenvalue weighted by molar-refractivity contribution is -0.146. The largest absolute Gasteiger partial charge is 0.481 e. The number of carboxylic acids is 1. The fourth-order valence-corrected chi connectivity index (χ4v) is 2.08. The van der Waals surface area contributed by atoms with Crippen LogP contribution in [0.5, 0.6) is 0 Å². The molecule has 5 heteroatoms. The number of hydrogen-bond donors (Lipinski definition) is 1. The maximum absolute atomic E-state index is 11.1. The molecule has 1 N–H and O–H groups in total. The minimum atomic E-state index is -0.785. The second kappa shape index (κ2) is 5.17. The highest BCUT2D eigenvalue weighted by Gasteiger charge is 2.27. The van der Waals surface area contributed by atoms with E-state index in [2.05, 4.69) is 21.0 Å². The lowest BCUT2D eigenvalue weighted by Crippen LogP contribution is -2.26. The van der Waals surface area contributed by atoms with Gasteiger partial charge in [-0.25, -0.2) is 4.68 Å². The van der Waals surface area contributed by atoms with Gasteiger partial charge in [0, 0.05) is 6.20 Å². The fraction of sp³-hybridized carbons (Fsp3) is 0.286. The summed E-state index contributed by atoms with van der Waals surface area (Å²) in [6, 6.07) is 7.75. The Balaban J connectivity index is 2.17.